The van der Waals surface area contributed by atoms with Gasteiger partial charge >= 0.3 is 5.97 Å². The Balaban J connectivity index is 0.000000457. The van der Waals surface area contributed by atoms with Crippen molar-refractivity contribution < 1.29 is 24.3 Å². The number of allylic oxidation sites excluding steroid dienone is 2. The predicted octanol–water partition coefficient (Wildman–Crippen LogP) is 8.70. The molecule has 44 heavy (non-hydrogen) atoms. The van der Waals surface area contributed by atoms with Gasteiger partial charge in [0.15, 0.2) is 0 Å². The molecule has 8 heteroatoms. The van der Waals surface area contributed by atoms with Gasteiger partial charge in [-0.25, -0.2) is 4.79 Å². The summed E-state index contributed by atoms with van der Waals surface area (Å²) < 4.78 is 5.19. The fourth-order valence-electron chi connectivity index (χ4n) is 5.04. The number of unbranched alkanes of at least 4 members (excludes halogenated alkanes) is 3. The first kappa shape index (κ1) is 38.3. The molecular formula is C36H54N2O6. The van der Waals surface area contributed by atoms with Crippen LogP contribution >= 0.6 is 0 Å². The number of hydrogen-bond donors (Lipinski definition) is 1. The van der Waals surface area contributed by atoms with Crippen LogP contribution in [0, 0.1) is 16.0 Å². The van der Waals surface area contributed by atoms with E-state index in [4.69, 9.17) is 4.74 Å². The molecule has 0 aliphatic heterocycles. The molecule has 0 bridgehead atoms. The normalized spacial score (nSPS) is 13.2. The lowest BCUT2D eigenvalue weighted by Crippen LogP contribution is -2.39. The van der Waals surface area contributed by atoms with Crippen LogP contribution in [-0.2, 0) is 38.8 Å². The van der Waals surface area contributed by atoms with E-state index in [-0.39, 0.29) is 19.1 Å². The third-order valence-electron chi connectivity index (χ3n) is 7.45. The number of esters is 1. The Bertz CT molecular complexity index is 1080. The molecule has 3 rings (SSSR count). The summed E-state index contributed by atoms with van der Waals surface area (Å²) in [5, 5.41) is 12.0. The molecule has 8 nitrogen and oxygen atoms in total. The summed E-state index contributed by atoms with van der Waals surface area (Å²) in [7, 11) is 0. The molecule has 1 fully saturated rings. The maximum Gasteiger partial charge on any atom is 0.328 e. The van der Waals surface area contributed by atoms with Crippen molar-refractivity contribution in [3.05, 3.63) is 93.6 Å². The quantitative estimate of drug-likeness (QED) is 0.0631. The van der Waals surface area contributed by atoms with E-state index in [1.807, 2.05) is 32.9 Å². The van der Waals surface area contributed by atoms with E-state index in [9.17, 15) is 19.7 Å². The van der Waals surface area contributed by atoms with Gasteiger partial charge < -0.3 is 14.9 Å². The number of ether oxygens (including phenoxy) is 1. The highest BCUT2D eigenvalue weighted by molar-refractivity contribution is 5.84. The van der Waals surface area contributed by atoms with Crippen LogP contribution in [-0.4, -0.2) is 23.0 Å². The molecule has 0 heterocycles. The Labute approximate surface area is 264 Å². The van der Waals surface area contributed by atoms with E-state index in [0.29, 0.717) is 24.0 Å². The Kier molecular flexibility index (Phi) is 21.6. The zero-order chi connectivity index (χ0) is 32.4. The van der Waals surface area contributed by atoms with Crippen LogP contribution in [0.15, 0.2) is 66.7 Å². The van der Waals surface area contributed by atoms with Crippen LogP contribution in [0.25, 0.3) is 0 Å². The molecule has 2 aromatic carbocycles. The Morgan fingerprint density at radius 1 is 0.955 bits per heavy atom. The molecule has 244 valence electrons. The predicted molar refractivity (Wildman–Crippen MR) is 176 cm³/mol. The summed E-state index contributed by atoms with van der Waals surface area (Å²) in [6.45, 7) is 7.19. The molecule has 1 aliphatic rings. The summed E-state index contributed by atoms with van der Waals surface area (Å²) in [5.74, 6) is 0.298. The fraction of sp³-hybridized carbons (Fsp3) is 0.556. The maximum absolute atomic E-state index is 12.0. The minimum atomic E-state index is -0.878. The van der Waals surface area contributed by atoms with Gasteiger partial charge in [-0.1, -0.05) is 126 Å². The summed E-state index contributed by atoms with van der Waals surface area (Å²) in [5.41, 5.74) is 2.66. The number of nitrogens with zero attached hydrogens (tertiary/aromatic N) is 1. The molecule has 0 spiro atoms. The zero-order valence-electron chi connectivity index (χ0n) is 27.3. The van der Waals surface area contributed by atoms with E-state index in [0.717, 1.165) is 12.3 Å². The van der Waals surface area contributed by atoms with Crippen molar-refractivity contribution in [3.63, 3.8) is 0 Å². The van der Waals surface area contributed by atoms with E-state index < -0.39 is 17.1 Å². The highest BCUT2D eigenvalue weighted by atomic mass is 16.9. The number of carbonyl (C=O) groups excluding carboxylic acids is 2. The van der Waals surface area contributed by atoms with Crippen molar-refractivity contribution in [1.82, 2.24) is 5.32 Å². The molecule has 1 N–H and O–H groups in total. The van der Waals surface area contributed by atoms with Crippen LogP contribution < -0.4 is 5.32 Å². The van der Waals surface area contributed by atoms with Crippen LogP contribution in [0.2, 0.25) is 0 Å². The molecule has 2 aromatic rings. The molecule has 0 aromatic heterocycles. The van der Waals surface area contributed by atoms with Gasteiger partial charge in [-0.2, -0.15) is 0 Å². The maximum atomic E-state index is 12.0. The topological polar surface area (TPSA) is 108 Å². The molecule has 1 atom stereocenters. The van der Waals surface area contributed by atoms with Crippen molar-refractivity contribution >= 4 is 11.9 Å². The summed E-state index contributed by atoms with van der Waals surface area (Å²) >= 11 is 0. The summed E-state index contributed by atoms with van der Waals surface area (Å²) in [6, 6.07) is 16.9. The second-order valence-electron chi connectivity index (χ2n) is 10.9. The average molecular weight is 611 g/mol. The zero-order valence-corrected chi connectivity index (χ0v) is 27.3. The summed E-state index contributed by atoms with van der Waals surface area (Å²) in [4.78, 5) is 38.5. The minimum Gasteiger partial charge on any atom is -0.459 e. The number of amides is 1. The minimum absolute atomic E-state index is 0.0580. The average Bonchev–Trinajstić information content (AvgIpc) is 3.56. The van der Waals surface area contributed by atoms with Gasteiger partial charge in [0.1, 0.15) is 19.3 Å². The second-order valence-corrected chi connectivity index (χ2v) is 10.9. The molecule has 1 saturated carbocycles. The van der Waals surface area contributed by atoms with Gasteiger partial charge in [0.2, 0.25) is 5.91 Å². The van der Waals surface area contributed by atoms with Crippen molar-refractivity contribution in [2.75, 3.05) is 0 Å². The third kappa shape index (κ3) is 18.1. The standard InChI is InChI=1S/C18H24N2O6.C16H24.C2H6/c1-3-4-5-6-11-17(21)19-14(2)18(22)25-12-15-9-7-8-10-16(15)13-26-20(23)24;1-3-9-15(10-4-1)11-5-2-6-12-16-13-7-8-14-16;1-2/h3-4,7-10,14H,5-6,11-13H2,1-2H3,(H,19,21);1,3-4,9-10,16H,2,5-8,11-14H2;1-2H3/b4-3-;;. The smallest absolute Gasteiger partial charge is 0.328 e. The van der Waals surface area contributed by atoms with Crippen LogP contribution in [0.1, 0.15) is 115 Å². The highest BCUT2D eigenvalue weighted by Crippen LogP contribution is 2.29. The first-order chi connectivity index (χ1) is 21.4. The Morgan fingerprint density at radius 3 is 2.23 bits per heavy atom. The Morgan fingerprint density at radius 2 is 1.59 bits per heavy atom. The third-order valence-corrected chi connectivity index (χ3v) is 7.45. The number of rotatable bonds is 17. The molecule has 1 unspecified atom stereocenters. The van der Waals surface area contributed by atoms with Gasteiger partial charge in [-0.05, 0) is 62.1 Å². The number of aryl methyl sites for hydroxylation is 1. The van der Waals surface area contributed by atoms with Crippen LogP contribution in [0.5, 0.6) is 0 Å². The largest absolute Gasteiger partial charge is 0.459 e. The lowest BCUT2D eigenvalue weighted by atomic mass is 9.98. The number of carbonyl (C=O) groups is 2. The van der Waals surface area contributed by atoms with Gasteiger partial charge in [-0.15, -0.1) is 10.1 Å². The van der Waals surface area contributed by atoms with Crippen LogP contribution in [0.4, 0.5) is 0 Å². The summed E-state index contributed by atoms with van der Waals surface area (Å²) in [6.07, 6.45) is 18.8. The van der Waals surface area contributed by atoms with Crippen LogP contribution in [0.3, 0.4) is 0 Å². The number of hydrogen-bond acceptors (Lipinski definition) is 6. The van der Waals surface area contributed by atoms with Crippen molar-refractivity contribution in [3.8, 4) is 0 Å². The molecule has 0 saturated heterocycles. The van der Waals surface area contributed by atoms with E-state index in [1.54, 1.807) is 31.2 Å². The van der Waals surface area contributed by atoms with E-state index >= 15 is 0 Å². The van der Waals surface area contributed by atoms with E-state index in [2.05, 4.69) is 40.5 Å². The monoisotopic (exact) mass is 610 g/mol. The molecule has 0 radical (unpaired) electrons. The van der Waals surface area contributed by atoms with Crippen molar-refractivity contribution in [2.24, 2.45) is 5.92 Å². The highest BCUT2D eigenvalue weighted by Gasteiger charge is 2.17. The lowest BCUT2D eigenvalue weighted by Gasteiger charge is -2.14. The fourth-order valence-corrected chi connectivity index (χ4v) is 5.04. The molecule has 1 aliphatic carbocycles. The van der Waals surface area contributed by atoms with Crippen molar-refractivity contribution in [1.29, 1.82) is 0 Å². The second kappa shape index (κ2) is 24.7. The van der Waals surface area contributed by atoms with Crippen molar-refractivity contribution in [2.45, 2.75) is 124 Å². The first-order valence-electron chi connectivity index (χ1n) is 16.3. The van der Waals surface area contributed by atoms with Gasteiger partial charge in [-0.3, -0.25) is 4.79 Å². The van der Waals surface area contributed by atoms with Gasteiger partial charge in [0.05, 0.1) is 0 Å². The first-order valence-corrected chi connectivity index (χ1v) is 16.3. The Hall–Kier alpha value is -3.68. The SMILES string of the molecule is C/C=C\CCCC(=O)NC(C)C(=O)OCc1ccccc1CO[N+](=O)[O-].CC.c1ccc(CCCCCC2CCCC2)cc1. The molecular weight excluding hydrogens is 556 g/mol. The number of nitrogens with one attached hydrogen (secondary N) is 1. The van der Waals surface area contributed by atoms with E-state index in [1.165, 1.54) is 63.4 Å². The lowest BCUT2D eigenvalue weighted by molar-refractivity contribution is -0.763. The van der Waals surface area contributed by atoms with Gasteiger partial charge in [0, 0.05) is 6.42 Å². The van der Waals surface area contributed by atoms with Gasteiger partial charge in [0.25, 0.3) is 5.09 Å². The number of benzene rings is 2. The molecule has 1 amide bonds.